The standard InChI is InChI=1S/C12H15F3N4O3/c1-22-10(21)11(4-6(16)2-3-8(17)18)5-7(12(13,14)15)19-9(11)20/h2-3,7,16H,4-5H2,1H3,(H3,17,18)(H,19,20)/p+1/b3-2-,16-6?/t7-,11?/m0/s1. The van der Waals surface area contributed by atoms with Crippen LogP contribution in [0.5, 0.6) is 0 Å². The van der Waals surface area contributed by atoms with Gasteiger partial charge in [0.05, 0.1) is 13.5 Å². The lowest BCUT2D eigenvalue weighted by molar-refractivity contribution is -0.161. The number of hydrogen-bond acceptors (Lipinski definition) is 4. The number of alkyl halides is 3. The largest absolute Gasteiger partial charge is 0.468 e. The van der Waals surface area contributed by atoms with Gasteiger partial charge in [-0.05, 0) is 6.08 Å². The summed E-state index contributed by atoms with van der Waals surface area (Å²) < 4.78 is 42.8. The van der Waals surface area contributed by atoms with Gasteiger partial charge in [0.15, 0.2) is 11.1 Å². The third kappa shape index (κ3) is 3.62. The lowest BCUT2D eigenvalue weighted by Gasteiger charge is -2.21. The highest BCUT2D eigenvalue weighted by Crippen LogP contribution is 2.40. The van der Waals surface area contributed by atoms with E-state index in [9.17, 15) is 22.8 Å². The van der Waals surface area contributed by atoms with Gasteiger partial charge in [-0.3, -0.25) is 20.4 Å². The highest BCUT2D eigenvalue weighted by atomic mass is 19.4. The Morgan fingerprint density at radius 1 is 1.59 bits per heavy atom. The Hall–Kier alpha value is -2.39. The van der Waals surface area contributed by atoms with Crippen LogP contribution in [0.15, 0.2) is 12.2 Å². The quantitative estimate of drug-likeness (QED) is 0.216. The second kappa shape index (κ2) is 6.16. The van der Waals surface area contributed by atoms with Crippen molar-refractivity contribution in [3.8, 4) is 0 Å². The lowest BCUT2D eigenvalue weighted by Crippen LogP contribution is -2.48. The zero-order valence-corrected chi connectivity index (χ0v) is 11.7. The molecule has 0 bridgehead atoms. The second-order valence-corrected chi connectivity index (χ2v) is 4.89. The molecule has 0 aliphatic carbocycles. The minimum Gasteiger partial charge on any atom is -0.468 e. The SMILES string of the molecule is COC(=O)C1(CC(=[NH2+])/C=C\C(=N)N)C[C@@H](C(F)(F)F)NC1=O. The molecule has 1 rings (SSSR count). The molecule has 2 atom stereocenters. The predicted molar refractivity (Wildman–Crippen MR) is 69.7 cm³/mol. The molecule has 1 fully saturated rings. The van der Waals surface area contributed by atoms with Crippen LogP contribution in [0.2, 0.25) is 0 Å². The minimum atomic E-state index is -4.69. The zero-order chi connectivity index (χ0) is 17.1. The number of ether oxygens (including phenoxy) is 1. The topological polar surface area (TPSA) is 131 Å². The fourth-order valence-electron chi connectivity index (χ4n) is 2.19. The van der Waals surface area contributed by atoms with Crippen molar-refractivity contribution in [3.63, 3.8) is 0 Å². The van der Waals surface area contributed by atoms with Crippen LogP contribution in [0.1, 0.15) is 12.8 Å². The van der Waals surface area contributed by atoms with Gasteiger partial charge in [0, 0.05) is 12.5 Å². The van der Waals surface area contributed by atoms with Gasteiger partial charge in [0.2, 0.25) is 5.91 Å². The van der Waals surface area contributed by atoms with E-state index in [0.717, 1.165) is 19.3 Å². The van der Waals surface area contributed by atoms with E-state index in [4.69, 9.17) is 16.6 Å². The molecule has 122 valence electrons. The molecule has 1 aliphatic heterocycles. The molecule has 1 aliphatic rings. The van der Waals surface area contributed by atoms with E-state index in [1.54, 1.807) is 5.32 Å². The van der Waals surface area contributed by atoms with Crippen molar-refractivity contribution in [2.45, 2.75) is 25.1 Å². The molecular weight excluding hydrogens is 305 g/mol. The molecule has 7 nitrogen and oxygen atoms in total. The van der Waals surface area contributed by atoms with Crippen LogP contribution in [-0.4, -0.2) is 42.8 Å². The van der Waals surface area contributed by atoms with E-state index in [1.807, 2.05) is 0 Å². The third-order valence-electron chi connectivity index (χ3n) is 3.25. The van der Waals surface area contributed by atoms with Crippen LogP contribution in [0, 0.1) is 10.8 Å². The van der Waals surface area contributed by atoms with Gasteiger partial charge in [-0.2, -0.15) is 13.2 Å². The second-order valence-electron chi connectivity index (χ2n) is 4.89. The fraction of sp³-hybridized carbons (Fsp3) is 0.500. The Morgan fingerprint density at radius 3 is 2.59 bits per heavy atom. The molecule has 0 saturated carbocycles. The first kappa shape index (κ1) is 17.7. The molecular formula is C12H16F3N4O3+. The first-order valence-corrected chi connectivity index (χ1v) is 6.12. The number of hydrogen-bond donors (Lipinski definition) is 4. The molecule has 1 amide bonds. The number of halogens is 3. The van der Waals surface area contributed by atoms with Gasteiger partial charge in [0.25, 0.3) is 0 Å². The number of esters is 1. The smallest absolute Gasteiger partial charge is 0.408 e. The van der Waals surface area contributed by atoms with Crippen molar-refractivity contribution in [1.29, 1.82) is 5.41 Å². The molecule has 0 aromatic rings. The summed E-state index contributed by atoms with van der Waals surface area (Å²) in [6, 6.07) is -2.15. The van der Waals surface area contributed by atoms with Crippen LogP contribution in [-0.2, 0) is 14.3 Å². The fourth-order valence-corrected chi connectivity index (χ4v) is 2.19. The summed E-state index contributed by atoms with van der Waals surface area (Å²) in [5, 5.41) is 14.3. The highest BCUT2D eigenvalue weighted by molar-refractivity contribution is 6.09. The number of nitrogens with one attached hydrogen (secondary N) is 2. The van der Waals surface area contributed by atoms with E-state index in [1.165, 1.54) is 0 Å². The summed E-state index contributed by atoms with van der Waals surface area (Å²) in [5.74, 6) is -2.53. The Balaban J connectivity index is 3.08. The Kier molecular flexibility index (Phi) is 4.94. The van der Waals surface area contributed by atoms with Gasteiger partial charge < -0.3 is 15.8 Å². The summed E-state index contributed by atoms with van der Waals surface area (Å²) in [5.41, 5.74) is 2.96. The highest BCUT2D eigenvalue weighted by Gasteiger charge is 2.60. The van der Waals surface area contributed by atoms with Crippen molar-refractivity contribution in [1.82, 2.24) is 5.32 Å². The summed E-state index contributed by atoms with van der Waals surface area (Å²) in [6.45, 7) is 0. The number of amides is 1. The number of allylic oxidation sites excluding steroid dienone is 1. The van der Waals surface area contributed by atoms with Crippen LogP contribution < -0.4 is 16.5 Å². The molecule has 1 saturated heterocycles. The molecule has 22 heavy (non-hydrogen) atoms. The maximum atomic E-state index is 12.8. The molecule has 10 heteroatoms. The zero-order valence-electron chi connectivity index (χ0n) is 11.7. The van der Waals surface area contributed by atoms with Crippen molar-refractivity contribution in [2.24, 2.45) is 11.1 Å². The molecule has 0 aromatic carbocycles. The molecule has 1 heterocycles. The molecule has 6 N–H and O–H groups in total. The Bertz CT molecular complexity index is 544. The van der Waals surface area contributed by atoms with Gasteiger partial charge in [-0.25, -0.2) is 0 Å². The van der Waals surface area contributed by atoms with E-state index in [0.29, 0.717) is 0 Å². The number of rotatable bonds is 5. The maximum absolute atomic E-state index is 12.8. The molecule has 1 unspecified atom stereocenters. The number of carbonyl (C=O) groups excluding carboxylic acids is 2. The summed E-state index contributed by atoms with van der Waals surface area (Å²) in [6.07, 6.45) is -3.72. The molecule has 0 aromatic heterocycles. The normalized spacial score (nSPS) is 25.1. The predicted octanol–water partition coefficient (Wildman–Crippen LogP) is -1.32. The number of amidine groups is 1. The average molecular weight is 321 g/mol. The van der Waals surface area contributed by atoms with Crippen LogP contribution >= 0.6 is 0 Å². The first-order valence-electron chi connectivity index (χ1n) is 6.12. The summed E-state index contributed by atoms with van der Waals surface area (Å²) in [7, 11) is 0.972. The minimum absolute atomic E-state index is 0.0708. The lowest BCUT2D eigenvalue weighted by atomic mass is 9.79. The summed E-state index contributed by atoms with van der Waals surface area (Å²) in [4.78, 5) is 23.8. The van der Waals surface area contributed by atoms with Gasteiger partial charge >= 0.3 is 12.1 Å². The summed E-state index contributed by atoms with van der Waals surface area (Å²) >= 11 is 0. The average Bonchev–Trinajstić information content (AvgIpc) is 2.74. The van der Waals surface area contributed by atoms with Crippen LogP contribution in [0.4, 0.5) is 13.2 Å². The number of carbonyl (C=O) groups is 2. The van der Waals surface area contributed by atoms with Crippen molar-refractivity contribution in [3.05, 3.63) is 12.2 Å². The Labute approximate surface area is 123 Å². The van der Waals surface area contributed by atoms with E-state index in [2.05, 4.69) is 4.74 Å². The third-order valence-corrected chi connectivity index (χ3v) is 3.25. The first-order chi connectivity index (χ1) is 10.0. The number of nitrogens with two attached hydrogens (primary N) is 2. The van der Waals surface area contributed by atoms with Crippen molar-refractivity contribution in [2.75, 3.05) is 7.11 Å². The molecule has 0 radical (unpaired) electrons. The number of methoxy groups -OCH3 is 1. The van der Waals surface area contributed by atoms with Gasteiger partial charge in [-0.15, -0.1) is 0 Å². The van der Waals surface area contributed by atoms with Crippen LogP contribution in [0.25, 0.3) is 0 Å². The van der Waals surface area contributed by atoms with Gasteiger partial charge in [-0.1, -0.05) is 0 Å². The van der Waals surface area contributed by atoms with E-state index in [-0.39, 0.29) is 11.5 Å². The molecule has 0 spiro atoms. The van der Waals surface area contributed by atoms with Crippen molar-refractivity contribution < 1.29 is 32.9 Å². The maximum Gasteiger partial charge on any atom is 0.408 e. The van der Waals surface area contributed by atoms with Crippen molar-refractivity contribution >= 4 is 23.4 Å². The van der Waals surface area contributed by atoms with E-state index >= 15 is 0 Å². The van der Waals surface area contributed by atoms with Crippen LogP contribution in [0.3, 0.4) is 0 Å². The van der Waals surface area contributed by atoms with E-state index < -0.39 is 42.4 Å². The monoisotopic (exact) mass is 321 g/mol. The van der Waals surface area contributed by atoms with Gasteiger partial charge in [0.1, 0.15) is 11.9 Å². The Morgan fingerprint density at radius 2 is 2.18 bits per heavy atom.